The van der Waals surface area contributed by atoms with Gasteiger partial charge in [0.2, 0.25) is 0 Å². The lowest BCUT2D eigenvalue weighted by Crippen LogP contribution is -2.32. The number of nitrogens with one attached hydrogen (secondary N) is 1. The van der Waals surface area contributed by atoms with Crippen molar-refractivity contribution in [3.05, 3.63) is 70.9 Å². The summed E-state index contributed by atoms with van der Waals surface area (Å²) in [5, 5.41) is 11.9. The second kappa shape index (κ2) is 8.10. The van der Waals surface area contributed by atoms with Crippen LogP contribution in [0.15, 0.2) is 36.9 Å². The maximum absolute atomic E-state index is 13.3. The monoisotopic (exact) mass is 441 g/mol. The first-order chi connectivity index (χ1) is 15.3. The Kier molecular flexibility index (Phi) is 5.31. The van der Waals surface area contributed by atoms with E-state index in [0.717, 1.165) is 17.8 Å². The van der Waals surface area contributed by atoms with Gasteiger partial charge < -0.3 is 15.3 Å². The number of carbonyl (C=O) groups is 1. The molecule has 0 bridgehead atoms. The number of anilines is 3. The topological polar surface area (TPSA) is 108 Å². The molecule has 1 aromatic carbocycles. The summed E-state index contributed by atoms with van der Waals surface area (Å²) in [6.45, 7) is 7.64. The Labute approximate surface area is 179 Å². The van der Waals surface area contributed by atoms with Crippen molar-refractivity contribution < 1.29 is 23.1 Å². The van der Waals surface area contributed by atoms with E-state index in [1.807, 2.05) is 0 Å². The third-order valence-electron chi connectivity index (χ3n) is 4.90. The van der Waals surface area contributed by atoms with Crippen molar-refractivity contribution in [1.82, 2.24) is 19.9 Å². The molecule has 162 valence electrons. The van der Waals surface area contributed by atoms with Gasteiger partial charge in [-0.05, 0) is 18.6 Å². The third kappa shape index (κ3) is 4.13. The normalized spacial score (nSPS) is 13.2. The van der Waals surface area contributed by atoms with Crippen molar-refractivity contribution in [2.45, 2.75) is 19.1 Å². The lowest BCUT2D eigenvalue weighted by Gasteiger charge is -2.31. The quantitative estimate of drug-likeness (QED) is 0.588. The molecule has 3 heterocycles. The molecule has 0 aliphatic carbocycles. The summed E-state index contributed by atoms with van der Waals surface area (Å²) >= 11 is 0. The van der Waals surface area contributed by atoms with E-state index in [2.05, 4.69) is 30.1 Å². The molecule has 0 atom stereocenters. The molecule has 0 fully saturated rings. The standard InChI is InChI=1S/C20H14F3N7O2/c1-24-14-3-2-11(6-13(14)20(21,22)23)30-5-4-12-16(9-30)27-10-28-18(12)29-17-8-25-15(7-26-17)19(31)32/h2-3,6-8,10H,4-5,9H2,(H,31,32)(H,26,27,28,29). The summed E-state index contributed by atoms with van der Waals surface area (Å²) in [6, 6.07) is 3.65. The van der Waals surface area contributed by atoms with Gasteiger partial charge in [-0.1, -0.05) is 6.07 Å². The molecule has 0 spiro atoms. The highest BCUT2D eigenvalue weighted by atomic mass is 19.4. The molecule has 1 aliphatic rings. The van der Waals surface area contributed by atoms with Crippen LogP contribution < -0.4 is 10.2 Å². The number of alkyl halides is 3. The van der Waals surface area contributed by atoms with Crippen LogP contribution in [0.1, 0.15) is 27.3 Å². The molecule has 0 unspecified atom stereocenters. The van der Waals surface area contributed by atoms with E-state index in [9.17, 15) is 18.0 Å². The van der Waals surface area contributed by atoms with Gasteiger partial charge in [-0.3, -0.25) is 0 Å². The van der Waals surface area contributed by atoms with Gasteiger partial charge in [0.15, 0.2) is 11.4 Å². The molecule has 2 N–H and O–H groups in total. The minimum Gasteiger partial charge on any atom is -0.476 e. The number of halogens is 3. The summed E-state index contributed by atoms with van der Waals surface area (Å²) in [4.78, 5) is 31.9. The van der Waals surface area contributed by atoms with Crippen LogP contribution in [-0.4, -0.2) is 37.6 Å². The molecule has 0 radical (unpaired) electrons. The van der Waals surface area contributed by atoms with Crippen LogP contribution in [0, 0.1) is 6.57 Å². The van der Waals surface area contributed by atoms with Crippen molar-refractivity contribution in [1.29, 1.82) is 0 Å². The van der Waals surface area contributed by atoms with E-state index in [-0.39, 0.29) is 12.2 Å². The van der Waals surface area contributed by atoms with Crippen molar-refractivity contribution >= 4 is 29.0 Å². The van der Waals surface area contributed by atoms with Gasteiger partial charge >= 0.3 is 12.1 Å². The molecule has 3 aromatic rings. The molecule has 0 amide bonds. The van der Waals surface area contributed by atoms with E-state index in [1.54, 1.807) is 4.90 Å². The van der Waals surface area contributed by atoms with Crippen LogP contribution in [-0.2, 0) is 19.1 Å². The van der Waals surface area contributed by atoms with Crippen LogP contribution in [0.5, 0.6) is 0 Å². The summed E-state index contributed by atoms with van der Waals surface area (Å²) < 4.78 is 39.9. The summed E-state index contributed by atoms with van der Waals surface area (Å²) in [5.41, 5.74) is 0.150. The largest absolute Gasteiger partial charge is 0.476 e. The SMILES string of the molecule is [C-]#[N+]c1ccc(N2CCc3c(ncnc3Nc3cnc(C(=O)O)cn3)C2)cc1C(F)(F)F. The number of hydrogen-bond acceptors (Lipinski definition) is 7. The highest BCUT2D eigenvalue weighted by molar-refractivity contribution is 5.85. The van der Waals surface area contributed by atoms with Crippen LogP contribution in [0.2, 0.25) is 0 Å². The number of nitrogens with zero attached hydrogens (tertiary/aromatic N) is 6. The number of rotatable bonds is 4. The van der Waals surface area contributed by atoms with Crippen molar-refractivity contribution in [3.63, 3.8) is 0 Å². The fourth-order valence-corrected chi connectivity index (χ4v) is 3.35. The average Bonchev–Trinajstić information content (AvgIpc) is 2.78. The van der Waals surface area contributed by atoms with Gasteiger partial charge in [0, 0.05) is 17.8 Å². The Morgan fingerprint density at radius 2 is 2.00 bits per heavy atom. The Morgan fingerprint density at radius 1 is 1.19 bits per heavy atom. The molecule has 2 aromatic heterocycles. The Hall–Kier alpha value is -4.27. The number of aromatic carboxylic acids is 1. The first-order valence-corrected chi connectivity index (χ1v) is 9.25. The van der Waals surface area contributed by atoms with Gasteiger partial charge in [0.1, 0.15) is 18.0 Å². The Bertz CT molecular complexity index is 1220. The number of aromatic nitrogens is 4. The van der Waals surface area contributed by atoms with E-state index in [4.69, 9.17) is 11.7 Å². The second-order valence-electron chi connectivity index (χ2n) is 6.85. The number of carboxylic acid groups (broad SMARTS) is 1. The zero-order valence-electron chi connectivity index (χ0n) is 16.3. The van der Waals surface area contributed by atoms with Gasteiger partial charge in [0.25, 0.3) is 0 Å². The predicted molar refractivity (Wildman–Crippen MR) is 107 cm³/mol. The Morgan fingerprint density at radius 3 is 2.66 bits per heavy atom. The fraction of sp³-hybridized carbons (Fsp3) is 0.200. The zero-order valence-corrected chi connectivity index (χ0v) is 16.3. The molecule has 9 nitrogen and oxygen atoms in total. The van der Waals surface area contributed by atoms with Gasteiger partial charge in [-0.2, -0.15) is 13.2 Å². The highest BCUT2D eigenvalue weighted by Gasteiger charge is 2.34. The number of carboxylic acids is 1. The first-order valence-electron chi connectivity index (χ1n) is 9.25. The average molecular weight is 441 g/mol. The molecule has 4 rings (SSSR count). The summed E-state index contributed by atoms with van der Waals surface area (Å²) in [5.74, 6) is -0.434. The fourth-order valence-electron chi connectivity index (χ4n) is 3.35. The zero-order chi connectivity index (χ0) is 22.9. The lowest BCUT2D eigenvalue weighted by molar-refractivity contribution is -0.136. The van der Waals surface area contributed by atoms with Crippen molar-refractivity contribution in [3.8, 4) is 0 Å². The van der Waals surface area contributed by atoms with Gasteiger partial charge in [-0.15, -0.1) is 0 Å². The van der Waals surface area contributed by atoms with Crippen LogP contribution >= 0.6 is 0 Å². The predicted octanol–water partition coefficient (Wildman–Crippen LogP) is 3.84. The van der Waals surface area contributed by atoms with E-state index in [0.29, 0.717) is 36.0 Å². The number of fused-ring (bicyclic) bond motifs is 1. The van der Waals surface area contributed by atoms with Gasteiger partial charge in [-0.25, -0.2) is 29.6 Å². The minimum atomic E-state index is -4.62. The van der Waals surface area contributed by atoms with Gasteiger partial charge in [0.05, 0.1) is 36.8 Å². The summed E-state index contributed by atoms with van der Waals surface area (Å²) in [6.07, 6.45) is -0.464. The van der Waals surface area contributed by atoms with E-state index < -0.39 is 23.4 Å². The Balaban J connectivity index is 1.58. The summed E-state index contributed by atoms with van der Waals surface area (Å²) in [7, 11) is 0. The molecule has 12 heteroatoms. The van der Waals surface area contributed by atoms with Crippen LogP contribution in [0.3, 0.4) is 0 Å². The van der Waals surface area contributed by atoms with E-state index in [1.165, 1.54) is 24.7 Å². The molecule has 1 aliphatic heterocycles. The lowest BCUT2D eigenvalue weighted by atomic mass is 10.0. The van der Waals surface area contributed by atoms with Crippen molar-refractivity contribution in [2.24, 2.45) is 0 Å². The van der Waals surface area contributed by atoms with E-state index >= 15 is 0 Å². The number of hydrogen-bond donors (Lipinski definition) is 2. The van der Waals surface area contributed by atoms with Crippen LogP contribution in [0.25, 0.3) is 4.85 Å². The van der Waals surface area contributed by atoms with Crippen LogP contribution in [0.4, 0.5) is 36.2 Å². The highest BCUT2D eigenvalue weighted by Crippen LogP contribution is 2.39. The first kappa shape index (κ1) is 21.0. The molecule has 0 saturated heterocycles. The maximum atomic E-state index is 13.3. The number of benzene rings is 1. The molecular weight excluding hydrogens is 427 g/mol. The molecular formula is C20H14F3N7O2. The minimum absolute atomic E-state index is 0.196. The second-order valence-corrected chi connectivity index (χ2v) is 6.85. The molecule has 0 saturated carbocycles. The van der Waals surface area contributed by atoms with Crippen molar-refractivity contribution in [2.75, 3.05) is 16.8 Å². The third-order valence-corrected chi connectivity index (χ3v) is 4.90. The maximum Gasteiger partial charge on any atom is 0.407 e. The molecule has 32 heavy (non-hydrogen) atoms. The smallest absolute Gasteiger partial charge is 0.407 e.